The van der Waals surface area contributed by atoms with E-state index in [1.54, 1.807) is 29.8 Å². The molecule has 0 saturated heterocycles. The van der Waals surface area contributed by atoms with E-state index in [1.807, 2.05) is 35.9 Å². The molecule has 0 unspecified atom stereocenters. The molecule has 1 N–H and O–H groups in total. The van der Waals surface area contributed by atoms with Crippen molar-refractivity contribution in [3.8, 4) is 0 Å². The van der Waals surface area contributed by atoms with Crippen LogP contribution < -0.4 is 5.32 Å². The van der Waals surface area contributed by atoms with Crippen molar-refractivity contribution >= 4 is 34.4 Å². The molecule has 5 nitrogen and oxygen atoms in total. The summed E-state index contributed by atoms with van der Waals surface area (Å²) < 4.78 is 10.4. The minimum atomic E-state index is -0.398. The van der Waals surface area contributed by atoms with E-state index in [4.69, 9.17) is 9.47 Å². The van der Waals surface area contributed by atoms with Crippen LogP contribution in [-0.2, 0) is 19.1 Å². The van der Waals surface area contributed by atoms with E-state index in [2.05, 4.69) is 11.4 Å². The summed E-state index contributed by atoms with van der Waals surface area (Å²) in [5.74, 6) is -0.491. The molecule has 3 heterocycles. The Morgan fingerprint density at radius 3 is 2.52 bits per heavy atom. The second-order valence-electron chi connectivity index (χ2n) is 7.18. The Labute approximate surface area is 178 Å². The van der Waals surface area contributed by atoms with Crippen LogP contribution in [0.1, 0.15) is 41.4 Å². The molecule has 2 aromatic heterocycles. The van der Waals surface area contributed by atoms with E-state index in [1.165, 1.54) is 4.88 Å². The van der Waals surface area contributed by atoms with E-state index < -0.39 is 5.97 Å². The fourth-order valence-electron chi connectivity index (χ4n) is 4.07. The Morgan fingerprint density at radius 1 is 1.14 bits per heavy atom. The third-order valence-corrected chi connectivity index (χ3v) is 7.31. The zero-order valence-corrected chi connectivity index (χ0v) is 18.0. The normalized spacial score (nSPS) is 21.8. The topological polar surface area (TPSA) is 64.6 Å². The quantitative estimate of drug-likeness (QED) is 0.546. The average molecular weight is 430 g/mol. The van der Waals surface area contributed by atoms with Crippen LogP contribution in [0, 0.1) is 0 Å². The van der Waals surface area contributed by atoms with Gasteiger partial charge in [0.1, 0.15) is 6.61 Å². The van der Waals surface area contributed by atoms with Crippen LogP contribution in [0.5, 0.6) is 0 Å². The van der Waals surface area contributed by atoms with Crippen molar-refractivity contribution in [3.05, 3.63) is 67.3 Å². The van der Waals surface area contributed by atoms with Crippen LogP contribution in [0.25, 0.3) is 0 Å². The summed E-state index contributed by atoms with van der Waals surface area (Å²) in [6, 6.07) is 8.05. The lowest BCUT2D eigenvalue weighted by Gasteiger charge is -2.35. The lowest BCUT2D eigenvalue weighted by Crippen LogP contribution is -2.36. The van der Waals surface area contributed by atoms with Gasteiger partial charge in [-0.15, -0.1) is 22.7 Å². The van der Waals surface area contributed by atoms with Crippen molar-refractivity contribution in [3.63, 3.8) is 0 Å². The van der Waals surface area contributed by atoms with Crippen molar-refractivity contribution in [2.75, 3.05) is 20.3 Å². The molecular weight excluding hydrogens is 406 g/mol. The van der Waals surface area contributed by atoms with Crippen LogP contribution in [0.2, 0.25) is 0 Å². The smallest absolute Gasteiger partial charge is 0.336 e. The lowest BCUT2D eigenvalue weighted by atomic mass is 9.74. The van der Waals surface area contributed by atoms with Gasteiger partial charge < -0.3 is 14.8 Å². The molecule has 1 aliphatic heterocycles. The molecule has 152 valence electrons. The van der Waals surface area contributed by atoms with Crippen molar-refractivity contribution in [2.24, 2.45) is 0 Å². The van der Waals surface area contributed by atoms with Crippen molar-refractivity contribution in [2.45, 2.75) is 31.6 Å². The summed E-state index contributed by atoms with van der Waals surface area (Å²) in [6.45, 7) is 2.41. The number of allylic oxidation sites excluding steroid dienone is 3. The largest absolute Gasteiger partial charge is 0.460 e. The monoisotopic (exact) mass is 429 g/mol. The van der Waals surface area contributed by atoms with E-state index in [9.17, 15) is 9.59 Å². The number of esters is 1. The van der Waals surface area contributed by atoms with Crippen molar-refractivity contribution in [1.82, 2.24) is 5.32 Å². The molecule has 0 fully saturated rings. The highest BCUT2D eigenvalue weighted by atomic mass is 32.1. The Hall–Kier alpha value is -2.22. The molecule has 0 spiro atoms. The fourth-order valence-corrected chi connectivity index (χ4v) is 5.74. The number of ether oxygens (including phenoxy) is 2. The molecule has 0 amide bonds. The number of Topliss-reactive ketones (excluding diaryl/α,β-unsaturated/α-hetero) is 1. The Balaban J connectivity index is 1.71. The number of thiophene rings is 2. The second-order valence-corrected chi connectivity index (χ2v) is 9.14. The van der Waals surface area contributed by atoms with Gasteiger partial charge in [0, 0.05) is 46.2 Å². The first-order valence-corrected chi connectivity index (χ1v) is 11.3. The molecule has 2 aromatic rings. The van der Waals surface area contributed by atoms with Crippen LogP contribution in [0.15, 0.2) is 57.6 Å². The van der Waals surface area contributed by atoms with E-state index in [0.717, 1.165) is 22.7 Å². The van der Waals surface area contributed by atoms with Crippen LogP contribution in [0.3, 0.4) is 0 Å². The van der Waals surface area contributed by atoms with E-state index in [0.29, 0.717) is 24.2 Å². The number of ketones is 1. The molecule has 1 aliphatic carbocycles. The SMILES string of the molecule is COCCOC(=O)C1=C(C)NC2=C(C(=O)C[C@@H](c3cccs3)C2)[C@H]1c1cccs1. The molecule has 29 heavy (non-hydrogen) atoms. The van der Waals surface area contributed by atoms with Crippen molar-refractivity contribution < 1.29 is 19.1 Å². The Kier molecular flexibility index (Phi) is 5.99. The van der Waals surface area contributed by atoms with Gasteiger partial charge in [0.25, 0.3) is 0 Å². The molecule has 7 heteroatoms. The van der Waals surface area contributed by atoms with Crippen LogP contribution >= 0.6 is 22.7 Å². The van der Waals surface area contributed by atoms with Gasteiger partial charge in [-0.2, -0.15) is 0 Å². The summed E-state index contributed by atoms with van der Waals surface area (Å²) in [6.07, 6.45) is 1.24. The molecule has 0 radical (unpaired) electrons. The van der Waals surface area contributed by atoms with Gasteiger partial charge >= 0.3 is 5.97 Å². The molecule has 2 atom stereocenters. The standard InChI is InChI=1S/C22H23NO4S2/c1-13-19(22(25)27-8-7-26-2)21(18-6-4-10-29-18)20-15(23-13)11-14(12-16(20)24)17-5-3-9-28-17/h3-6,9-10,14,21,23H,7-8,11-12H2,1-2H3/t14-,21-/m0/s1. The first kappa shape index (κ1) is 20.1. The summed E-state index contributed by atoms with van der Waals surface area (Å²) >= 11 is 3.25. The zero-order valence-electron chi connectivity index (χ0n) is 16.4. The highest BCUT2D eigenvalue weighted by molar-refractivity contribution is 7.10. The van der Waals surface area contributed by atoms with E-state index in [-0.39, 0.29) is 24.2 Å². The van der Waals surface area contributed by atoms with Gasteiger partial charge in [0.15, 0.2) is 5.78 Å². The number of carbonyl (C=O) groups is 2. The molecular formula is C22H23NO4S2. The third-order valence-electron chi connectivity index (χ3n) is 5.34. The Morgan fingerprint density at radius 2 is 1.86 bits per heavy atom. The summed E-state index contributed by atoms with van der Waals surface area (Å²) in [5, 5.41) is 7.39. The van der Waals surface area contributed by atoms with Crippen LogP contribution in [0.4, 0.5) is 0 Å². The number of carbonyl (C=O) groups excluding carboxylic acids is 2. The van der Waals surface area contributed by atoms with Gasteiger partial charge in [-0.25, -0.2) is 4.79 Å². The molecule has 0 saturated carbocycles. The fraction of sp³-hybridized carbons (Fsp3) is 0.364. The number of nitrogens with one attached hydrogen (secondary N) is 1. The predicted molar refractivity (Wildman–Crippen MR) is 114 cm³/mol. The number of methoxy groups -OCH3 is 1. The van der Waals surface area contributed by atoms with Gasteiger partial charge in [0.2, 0.25) is 0 Å². The van der Waals surface area contributed by atoms with Crippen molar-refractivity contribution in [1.29, 1.82) is 0 Å². The summed E-state index contributed by atoms with van der Waals surface area (Å²) in [7, 11) is 1.57. The summed E-state index contributed by atoms with van der Waals surface area (Å²) in [4.78, 5) is 28.4. The first-order valence-electron chi connectivity index (χ1n) is 9.57. The highest BCUT2D eigenvalue weighted by Crippen LogP contribution is 2.47. The van der Waals surface area contributed by atoms with Crippen LogP contribution in [-0.4, -0.2) is 32.1 Å². The molecule has 2 aliphatic rings. The van der Waals surface area contributed by atoms with E-state index >= 15 is 0 Å². The number of hydrogen-bond acceptors (Lipinski definition) is 7. The van der Waals surface area contributed by atoms with Gasteiger partial charge in [-0.05, 0) is 36.2 Å². The lowest BCUT2D eigenvalue weighted by molar-refractivity contribution is -0.140. The molecule has 0 aromatic carbocycles. The number of dihydropyridines is 1. The number of rotatable bonds is 6. The third kappa shape index (κ3) is 3.95. The average Bonchev–Trinajstić information content (AvgIpc) is 3.41. The maximum absolute atomic E-state index is 13.3. The van der Waals surface area contributed by atoms with Gasteiger partial charge in [0.05, 0.1) is 18.1 Å². The predicted octanol–water partition coefficient (Wildman–Crippen LogP) is 4.36. The second kappa shape index (κ2) is 8.65. The molecule has 0 bridgehead atoms. The minimum absolute atomic E-state index is 0.102. The summed E-state index contributed by atoms with van der Waals surface area (Å²) in [5.41, 5.74) is 2.92. The minimum Gasteiger partial charge on any atom is -0.460 e. The maximum Gasteiger partial charge on any atom is 0.336 e. The van der Waals surface area contributed by atoms with Gasteiger partial charge in [-0.3, -0.25) is 4.79 Å². The number of hydrogen-bond donors (Lipinski definition) is 1. The Bertz CT molecular complexity index is 957. The highest BCUT2D eigenvalue weighted by Gasteiger charge is 2.41. The first-order chi connectivity index (χ1) is 14.1. The van der Waals surface area contributed by atoms with Gasteiger partial charge in [-0.1, -0.05) is 12.1 Å². The maximum atomic E-state index is 13.3. The molecule has 4 rings (SSSR count). The zero-order chi connectivity index (χ0) is 20.4.